The van der Waals surface area contributed by atoms with Crippen LogP contribution in [-0.2, 0) is 6.54 Å². The van der Waals surface area contributed by atoms with Crippen molar-refractivity contribution < 1.29 is 9.13 Å². The van der Waals surface area contributed by atoms with E-state index in [1.165, 1.54) is 11.6 Å². The first-order chi connectivity index (χ1) is 8.69. The third-order valence-corrected chi connectivity index (χ3v) is 2.86. The minimum absolute atomic E-state index is 0.0623. The summed E-state index contributed by atoms with van der Waals surface area (Å²) < 4.78 is 19.0. The molecule has 1 aromatic carbocycles. The van der Waals surface area contributed by atoms with Gasteiger partial charge in [0, 0.05) is 17.6 Å². The first-order valence-electron chi connectivity index (χ1n) is 5.74. The van der Waals surface area contributed by atoms with E-state index in [-0.39, 0.29) is 12.4 Å². The van der Waals surface area contributed by atoms with Gasteiger partial charge in [-0.15, -0.1) is 0 Å². The fourth-order valence-corrected chi connectivity index (χ4v) is 1.54. The number of benzene rings is 1. The average Bonchev–Trinajstić information content (AvgIpc) is 2.38. The van der Waals surface area contributed by atoms with E-state index in [4.69, 9.17) is 27.9 Å². The van der Waals surface area contributed by atoms with Gasteiger partial charge in [0.1, 0.15) is 6.61 Å². The molecule has 0 heterocycles. The fourth-order valence-electron chi connectivity index (χ4n) is 1.43. The molecule has 0 amide bonds. The van der Waals surface area contributed by atoms with Crippen molar-refractivity contribution >= 4 is 23.2 Å². The highest BCUT2D eigenvalue weighted by Gasteiger charge is 2.09. The molecule has 2 nitrogen and oxygen atoms in total. The van der Waals surface area contributed by atoms with Crippen molar-refractivity contribution in [1.82, 2.24) is 5.32 Å². The molecule has 0 atom stereocenters. The van der Waals surface area contributed by atoms with E-state index in [1.54, 1.807) is 6.07 Å². The SMILES string of the molecule is CCCNCc1cccc(F)c1OC/C(Cl)=C/Cl. The molecule has 0 fully saturated rings. The van der Waals surface area contributed by atoms with Crippen molar-refractivity contribution in [2.45, 2.75) is 19.9 Å². The van der Waals surface area contributed by atoms with Crippen LogP contribution in [0, 0.1) is 5.82 Å². The molecule has 0 aliphatic rings. The van der Waals surface area contributed by atoms with Crippen LogP contribution in [-0.4, -0.2) is 13.2 Å². The Morgan fingerprint density at radius 1 is 1.50 bits per heavy atom. The van der Waals surface area contributed by atoms with Crippen molar-refractivity contribution in [2.24, 2.45) is 0 Å². The van der Waals surface area contributed by atoms with Gasteiger partial charge in [0.15, 0.2) is 11.6 Å². The van der Waals surface area contributed by atoms with Crippen LogP contribution in [0.2, 0.25) is 0 Å². The first-order valence-corrected chi connectivity index (χ1v) is 6.56. The summed E-state index contributed by atoms with van der Waals surface area (Å²) in [6.07, 6.45) is 1.02. The molecule has 0 spiro atoms. The van der Waals surface area contributed by atoms with E-state index in [2.05, 4.69) is 12.2 Å². The topological polar surface area (TPSA) is 21.3 Å². The predicted octanol–water partition coefficient (Wildman–Crippen LogP) is 4.02. The third kappa shape index (κ3) is 4.84. The maximum absolute atomic E-state index is 13.7. The number of halogens is 3. The first kappa shape index (κ1) is 15.3. The molecule has 100 valence electrons. The summed E-state index contributed by atoms with van der Waals surface area (Å²) in [5, 5.41) is 3.53. The van der Waals surface area contributed by atoms with E-state index in [9.17, 15) is 4.39 Å². The molecule has 0 bridgehead atoms. The molecule has 0 radical (unpaired) electrons. The van der Waals surface area contributed by atoms with Crippen molar-refractivity contribution in [3.63, 3.8) is 0 Å². The Labute approximate surface area is 117 Å². The number of nitrogens with one attached hydrogen (secondary N) is 1. The summed E-state index contributed by atoms with van der Waals surface area (Å²) >= 11 is 11.1. The normalized spacial score (nSPS) is 11.7. The second kappa shape index (κ2) is 8.35. The third-order valence-electron chi connectivity index (χ3n) is 2.26. The molecule has 5 heteroatoms. The molecular formula is C13H16Cl2FNO. The van der Waals surface area contributed by atoms with Crippen molar-refractivity contribution in [1.29, 1.82) is 0 Å². The van der Waals surface area contributed by atoms with E-state index in [1.807, 2.05) is 6.07 Å². The summed E-state index contributed by atoms with van der Waals surface area (Å²) in [7, 11) is 0. The van der Waals surface area contributed by atoms with E-state index in [0.29, 0.717) is 11.6 Å². The zero-order valence-electron chi connectivity index (χ0n) is 10.2. The number of para-hydroxylation sites is 1. The van der Waals surface area contributed by atoms with Gasteiger partial charge in [-0.1, -0.05) is 42.3 Å². The Morgan fingerprint density at radius 3 is 2.94 bits per heavy atom. The van der Waals surface area contributed by atoms with Crippen LogP contribution in [0.15, 0.2) is 28.8 Å². The number of hydrogen-bond donors (Lipinski definition) is 1. The van der Waals surface area contributed by atoms with Gasteiger partial charge in [-0.3, -0.25) is 0 Å². The highest BCUT2D eigenvalue weighted by Crippen LogP contribution is 2.23. The van der Waals surface area contributed by atoms with Crippen molar-refractivity contribution in [3.8, 4) is 5.75 Å². The maximum Gasteiger partial charge on any atom is 0.165 e. The van der Waals surface area contributed by atoms with Crippen LogP contribution in [0.25, 0.3) is 0 Å². The van der Waals surface area contributed by atoms with Gasteiger partial charge in [0.2, 0.25) is 0 Å². The van der Waals surface area contributed by atoms with Crippen LogP contribution < -0.4 is 10.1 Å². The molecule has 0 saturated carbocycles. The minimum Gasteiger partial charge on any atom is -0.485 e. The Morgan fingerprint density at radius 2 is 2.28 bits per heavy atom. The quantitative estimate of drug-likeness (QED) is 0.766. The number of hydrogen-bond acceptors (Lipinski definition) is 2. The van der Waals surface area contributed by atoms with Gasteiger partial charge in [0.05, 0.1) is 5.03 Å². The summed E-state index contributed by atoms with van der Waals surface area (Å²) in [5.41, 5.74) is 1.97. The van der Waals surface area contributed by atoms with Gasteiger partial charge >= 0.3 is 0 Å². The standard InChI is InChI=1S/C13H16Cl2FNO/c1-2-6-17-8-10-4-3-5-12(16)13(10)18-9-11(15)7-14/h3-5,7,17H,2,6,8-9H2,1H3/b11-7-. The molecule has 1 N–H and O–H groups in total. The van der Waals surface area contributed by atoms with Gasteiger partial charge in [-0.2, -0.15) is 0 Å². The smallest absolute Gasteiger partial charge is 0.165 e. The lowest BCUT2D eigenvalue weighted by atomic mass is 10.2. The lowest BCUT2D eigenvalue weighted by molar-refractivity contribution is 0.333. The molecule has 1 aromatic rings. The zero-order valence-corrected chi connectivity index (χ0v) is 11.7. The molecule has 18 heavy (non-hydrogen) atoms. The largest absolute Gasteiger partial charge is 0.485 e. The fraction of sp³-hybridized carbons (Fsp3) is 0.385. The highest BCUT2D eigenvalue weighted by molar-refractivity contribution is 6.36. The van der Waals surface area contributed by atoms with Crippen LogP contribution in [0.4, 0.5) is 4.39 Å². The molecule has 0 aromatic heterocycles. The second-order valence-electron chi connectivity index (χ2n) is 3.75. The lowest BCUT2D eigenvalue weighted by Crippen LogP contribution is -2.15. The summed E-state index contributed by atoms with van der Waals surface area (Å²) in [6, 6.07) is 4.83. The number of rotatable bonds is 7. The van der Waals surface area contributed by atoms with E-state index in [0.717, 1.165) is 18.5 Å². The predicted molar refractivity (Wildman–Crippen MR) is 73.7 cm³/mol. The lowest BCUT2D eigenvalue weighted by Gasteiger charge is -2.12. The van der Waals surface area contributed by atoms with Crippen LogP contribution >= 0.6 is 23.2 Å². The Balaban J connectivity index is 2.73. The minimum atomic E-state index is -0.398. The molecule has 0 aliphatic heterocycles. The molecule has 1 rings (SSSR count). The van der Waals surface area contributed by atoms with Crippen molar-refractivity contribution in [3.05, 3.63) is 40.1 Å². The molecule has 0 saturated heterocycles. The highest BCUT2D eigenvalue weighted by atomic mass is 35.5. The van der Waals surface area contributed by atoms with Gasteiger partial charge in [-0.05, 0) is 19.0 Å². The average molecular weight is 292 g/mol. The van der Waals surface area contributed by atoms with Crippen LogP contribution in [0.5, 0.6) is 5.75 Å². The Kier molecular flexibility index (Phi) is 7.09. The van der Waals surface area contributed by atoms with Gasteiger partial charge < -0.3 is 10.1 Å². The van der Waals surface area contributed by atoms with E-state index < -0.39 is 5.82 Å². The molecular weight excluding hydrogens is 276 g/mol. The molecule has 0 unspecified atom stereocenters. The second-order valence-corrected chi connectivity index (χ2v) is 4.45. The van der Waals surface area contributed by atoms with E-state index >= 15 is 0 Å². The summed E-state index contributed by atoms with van der Waals surface area (Å²) in [5.74, 6) is -0.178. The monoisotopic (exact) mass is 291 g/mol. The van der Waals surface area contributed by atoms with Gasteiger partial charge in [-0.25, -0.2) is 4.39 Å². The summed E-state index contributed by atoms with van der Waals surface area (Å²) in [4.78, 5) is 0. The van der Waals surface area contributed by atoms with Gasteiger partial charge in [0.25, 0.3) is 0 Å². The molecule has 0 aliphatic carbocycles. The van der Waals surface area contributed by atoms with Crippen LogP contribution in [0.3, 0.4) is 0 Å². The Bertz CT molecular complexity index is 410. The van der Waals surface area contributed by atoms with Crippen molar-refractivity contribution in [2.75, 3.05) is 13.2 Å². The summed E-state index contributed by atoms with van der Waals surface area (Å²) in [6.45, 7) is 3.56. The Hall–Kier alpha value is -0.770. The van der Waals surface area contributed by atoms with Crippen LogP contribution in [0.1, 0.15) is 18.9 Å². The maximum atomic E-state index is 13.7. The zero-order chi connectivity index (χ0) is 13.4. The number of ether oxygens (including phenoxy) is 1.